The topological polar surface area (TPSA) is 139 Å². The number of amides is 2. The zero-order valence-corrected chi connectivity index (χ0v) is 16.1. The van der Waals surface area contributed by atoms with Gasteiger partial charge in [0.1, 0.15) is 12.4 Å². The highest BCUT2D eigenvalue weighted by atomic mass is 32.2. The van der Waals surface area contributed by atoms with Gasteiger partial charge >= 0.3 is 0 Å². The van der Waals surface area contributed by atoms with Gasteiger partial charge in [0.2, 0.25) is 10.0 Å². The second-order valence-corrected chi connectivity index (χ2v) is 8.37. The Kier molecular flexibility index (Phi) is 5.99. The van der Waals surface area contributed by atoms with E-state index in [0.29, 0.717) is 37.1 Å². The third kappa shape index (κ3) is 4.34. The van der Waals surface area contributed by atoms with Gasteiger partial charge in [0, 0.05) is 12.1 Å². The molecule has 0 aliphatic carbocycles. The van der Waals surface area contributed by atoms with Crippen LogP contribution in [0.3, 0.4) is 0 Å². The van der Waals surface area contributed by atoms with Crippen LogP contribution in [0.2, 0.25) is 0 Å². The van der Waals surface area contributed by atoms with Crippen LogP contribution >= 0.6 is 0 Å². The normalized spacial score (nSPS) is 17.4. The van der Waals surface area contributed by atoms with Crippen LogP contribution in [0.5, 0.6) is 0 Å². The van der Waals surface area contributed by atoms with Gasteiger partial charge in [0.15, 0.2) is 0 Å². The number of nitrogens with one attached hydrogen (secondary N) is 2. The van der Waals surface area contributed by atoms with Crippen LogP contribution in [0, 0.1) is 0 Å². The van der Waals surface area contributed by atoms with E-state index in [9.17, 15) is 18.0 Å². The van der Waals surface area contributed by atoms with E-state index in [0.717, 1.165) is 0 Å². The van der Waals surface area contributed by atoms with Gasteiger partial charge < -0.3 is 0 Å². The van der Waals surface area contributed by atoms with Crippen molar-refractivity contribution < 1.29 is 18.0 Å². The molecule has 1 aromatic carbocycles. The van der Waals surface area contributed by atoms with Crippen molar-refractivity contribution in [1.29, 1.82) is 0 Å². The number of hydrazine groups is 1. The summed E-state index contributed by atoms with van der Waals surface area (Å²) in [6, 6.07) is 5.63. The molecule has 0 saturated carbocycles. The lowest BCUT2D eigenvalue weighted by Gasteiger charge is -2.23. The molecule has 150 valence electrons. The molecule has 0 spiro atoms. The van der Waals surface area contributed by atoms with Gasteiger partial charge in [-0.3, -0.25) is 20.4 Å². The van der Waals surface area contributed by atoms with E-state index in [4.69, 9.17) is 0 Å². The number of carbonyl (C=O) groups is 2. The van der Waals surface area contributed by atoms with Crippen molar-refractivity contribution in [2.45, 2.75) is 32.2 Å². The van der Waals surface area contributed by atoms with Crippen molar-refractivity contribution in [1.82, 2.24) is 35.4 Å². The van der Waals surface area contributed by atoms with E-state index in [1.165, 1.54) is 15.3 Å². The van der Waals surface area contributed by atoms with Crippen molar-refractivity contribution in [3.05, 3.63) is 36.2 Å². The van der Waals surface area contributed by atoms with Crippen LogP contribution in [0.25, 0.3) is 5.69 Å². The van der Waals surface area contributed by atoms with Crippen LogP contribution < -0.4 is 10.9 Å². The maximum atomic E-state index is 12.4. The number of sulfonamides is 1. The van der Waals surface area contributed by atoms with Crippen LogP contribution in [-0.2, 0) is 14.8 Å². The first kappa shape index (κ1) is 19.9. The smallest absolute Gasteiger partial charge is 0.269 e. The fourth-order valence-corrected chi connectivity index (χ4v) is 4.78. The Hall–Kier alpha value is -2.86. The number of benzene rings is 1. The third-order valence-corrected chi connectivity index (χ3v) is 6.44. The van der Waals surface area contributed by atoms with E-state index in [-0.39, 0.29) is 5.75 Å². The van der Waals surface area contributed by atoms with E-state index >= 15 is 0 Å². The molecule has 2 N–H and O–H groups in total. The molecule has 1 atom stereocenters. The SMILES string of the molecule is CCCS(=O)(=O)N1CCCC1C(=O)NNC(=O)c1ccc(-n2cnnn2)cc1. The number of rotatable bonds is 6. The molecule has 1 aliphatic heterocycles. The largest absolute Gasteiger partial charge is 0.271 e. The lowest BCUT2D eigenvalue weighted by molar-refractivity contribution is -0.125. The molecule has 12 heteroatoms. The Labute approximate surface area is 162 Å². The van der Waals surface area contributed by atoms with Crippen LogP contribution in [0.15, 0.2) is 30.6 Å². The number of carbonyl (C=O) groups excluding carboxylic acids is 2. The molecule has 2 aromatic rings. The molecule has 3 rings (SSSR count). The van der Waals surface area contributed by atoms with Gasteiger partial charge in [0.05, 0.1) is 11.4 Å². The van der Waals surface area contributed by atoms with Crippen LogP contribution in [0.1, 0.15) is 36.5 Å². The summed E-state index contributed by atoms with van der Waals surface area (Å²) in [5, 5.41) is 10.8. The number of hydrogen-bond acceptors (Lipinski definition) is 7. The molecule has 0 bridgehead atoms. The first-order chi connectivity index (χ1) is 13.4. The monoisotopic (exact) mass is 407 g/mol. The van der Waals surface area contributed by atoms with Gasteiger partial charge in [-0.2, -0.15) is 4.31 Å². The summed E-state index contributed by atoms with van der Waals surface area (Å²) in [6.07, 6.45) is 2.93. The number of aromatic nitrogens is 4. The van der Waals surface area contributed by atoms with Crippen LogP contribution in [-0.4, -0.2) is 63.1 Å². The molecule has 1 unspecified atom stereocenters. The minimum Gasteiger partial charge on any atom is -0.271 e. The van der Waals surface area contributed by atoms with E-state index in [1.807, 2.05) is 0 Å². The molecular weight excluding hydrogens is 386 g/mol. The second kappa shape index (κ2) is 8.44. The predicted octanol–water partition coefficient (Wildman–Crippen LogP) is -0.372. The number of tetrazole rings is 1. The first-order valence-electron chi connectivity index (χ1n) is 8.85. The highest BCUT2D eigenvalue weighted by Gasteiger charge is 2.38. The predicted molar refractivity (Wildman–Crippen MR) is 98.6 cm³/mol. The standard InChI is InChI=1S/C16H21N7O4S/c1-2-10-28(26,27)23-9-3-4-14(23)16(25)19-18-15(24)12-5-7-13(8-6-12)22-11-17-20-21-22/h5-8,11,14H,2-4,9-10H2,1H3,(H,18,24)(H,19,25). The summed E-state index contributed by atoms with van der Waals surface area (Å²) in [5.41, 5.74) is 5.65. The zero-order valence-electron chi connectivity index (χ0n) is 15.3. The second-order valence-electron chi connectivity index (χ2n) is 6.33. The Balaban J connectivity index is 1.59. The van der Waals surface area contributed by atoms with Gasteiger partial charge in [-0.05, 0) is 54.0 Å². The van der Waals surface area contributed by atoms with E-state index in [2.05, 4.69) is 26.4 Å². The maximum absolute atomic E-state index is 12.4. The van der Waals surface area contributed by atoms with Gasteiger partial charge in [-0.15, -0.1) is 5.10 Å². The molecule has 28 heavy (non-hydrogen) atoms. The fraction of sp³-hybridized carbons (Fsp3) is 0.438. The van der Waals surface area contributed by atoms with Crippen molar-refractivity contribution in [2.24, 2.45) is 0 Å². The molecule has 1 saturated heterocycles. The molecular formula is C16H21N7O4S. The number of hydrogen-bond donors (Lipinski definition) is 2. The average molecular weight is 407 g/mol. The summed E-state index contributed by atoms with van der Waals surface area (Å²) < 4.78 is 27.2. The van der Waals surface area contributed by atoms with Gasteiger partial charge in [0.25, 0.3) is 11.8 Å². The van der Waals surface area contributed by atoms with E-state index in [1.54, 1.807) is 31.2 Å². The highest BCUT2D eigenvalue weighted by Crippen LogP contribution is 2.21. The minimum atomic E-state index is -3.48. The Morgan fingerprint density at radius 3 is 2.61 bits per heavy atom. The summed E-state index contributed by atoms with van der Waals surface area (Å²) in [7, 11) is -3.48. The van der Waals surface area contributed by atoms with Crippen molar-refractivity contribution in [3.8, 4) is 5.69 Å². The maximum Gasteiger partial charge on any atom is 0.269 e. The van der Waals surface area contributed by atoms with Gasteiger partial charge in [-0.1, -0.05) is 6.92 Å². The lowest BCUT2D eigenvalue weighted by Crippen LogP contribution is -2.51. The Morgan fingerprint density at radius 2 is 1.96 bits per heavy atom. The number of nitrogens with zero attached hydrogens (tertiary/aromatic N) is 5. The summed E-state index contributed by atoms with van der Waals surface area (Å²) in [6.45, 7) is 2.08. The fourth-order valence-electron chi connectivity index (χ4n) is 3.03. The van der Waals surface area contributed by atoms with Crippen molar-refractivity contribution in [2.75, 3.05) is 12.3 Å². The zero-order chi connectivity index (χ0) is 20.1. The minimum absolute atomic E-state index is 0.00319. The molecule has 1 fully saturated rings. The molecule has 2 amide bonds. The molecule has 0 radical (unpaired) electrons. The molecule has 1 aromatic heterocycles. The van der Waals surface area contributed by atoms with Crippen molar-refractivity contribution >= 4 is 21.8 Å². The Morgan fingerprint density at radius 1 is 1.21 bits per heavy atom. The summed E-state index contributed by atoms with van der Waals surface area (Å²) in [4.78, 5) is 24.6. The Bertz CT molecular complexity index is 928. The van der Waals surface area contributed by atoms with E-state index < -0.39 is 27.9 Å². The summed E-state index contributed by atoms with van der Waals surface area (Å²) in [5.74, 6) is -1.06. The third-order valence-electron chi connectivity index (χ3n) is 4.37. The van der Waals surface area contributed by atoms with Crippen molar-refractivity contribution in [3.63, 3.8) is 0 Å². The summed E-state index contributed by atoms with van der Waals surface area (Å²) >= 11 is 0. The molecule has 11 nitrogen and oxygen atoms in total. The molecule has 1 aliphatic rings. The van der Waals surface area contributed by atoms with Crippen LogP contribution in [0.4, 0.5) is 0 Å². The lowest BCUT2D eigenvalue weighted by atomic mass is 10.2. The average Bonchev–Trinajstić information content (AvgIpc) is 3.38. The quantitative estimate of drug-likeness (QED) is 0.623. The highest BCUT2D eigenvalue weighted by molar-refractivity contribution is 7.89. The molecule has 2 heterocycles. The first-order valence-corrected chi connectivity index (χ1v) is 10.5. The van der Waals surface area contributed by atoms with Gasteiger partial charge in [-0.25, -0.2) is 13.1 Å².